The van der Waals surface area contributed by atoms with Crippen molar-refractivity contribution in [2.45, 2.75) is 31.3 Å². The van der Waals surface area contributed by atoms with Gasteiger partial charge >= 0.3 is 0 Å². The van der Waals surface area contributed by atoms with E-state index in [1.165, 1.54) is 6.26 Å². The standard InChI is InChI=1S/C12H23N3O4S.ClH/c1-20(17,18)15-10-4-2-3-9(10)7-14-12(16)11-8-19-6-5-13-11;/h9-11,13,15H,2-8H2,1H3,(H,14,16);1H. The molecule has 1 aliphatic heterocycles. The first-order valence-corrected chi connectivity index (χ1v) is 8.91. The maximum Gasteiger partial charge on any atom is 0.239 e. The van der Waals surface area contributed by atoms with Crippen LogP contribution < -0.4 is 15.4 Å². The van der Waals surface area contributed by atoms with Crippen molar-refractivity contribution in [3.05, 3.63) is 0 Å². The average molecular weight is 342 g/mol. The smallest absolute Gasteiger partial charge is 0.239 e. The maximum atomic E-state index is 12.0. The third-order valence-corrected chi connectivity index (χ3v) is 4.53. The molecule has 2 rings (SSSR count). The number of carbonyl (C=O) groups is 1. The molecule has 9 heteroatoms. The zero-order valence-electron chi connectivity index (χ0n) is 12.1. The summed E-state index contributed by atoms with van der Waals surface area (Å²) in [7, 11) is -3.19. The molecule has 0 spiro atoms. The zero-order valence-corrected chi connectivity index (χ0v) is 13.8. The first-order chi connectivity index (χ1) is 9.46. The van der Waals surface area contributed by atoms with Crippen LogP contribution in [-0.4, -0.2) is 59.0 Å². The van der Waals surface area contributed by atoms with Crippen molar-refractivity contribution in [3.63, 3.8) is 0 Å². The maximum absolute atomic E-state index is 12.0. The number of rotatable bonds is 5. The highest BCUT2D eigenvalue weighted by atomic mass is 35.5. The topological polar surface area (TPSA) is 96.5 Å². The Hall–Kier alpha value is -0.410. The van der Waals surface area contributed by atoms with E-state index in [0.29, 0.717) is 26.3 Å². The number of ether oxygens (including phenoxy) is 1. The van der Waals surface area contributed by atoms with Gasteiger partial charge in [-0.1, -0.05) is 6.42 Å². The van der Waals surface area contributed by atoms with Gasteiger partial charge in [-0.15, -0.1) is 12.4 Å². The van der Waals surface area contributed by atoms with E-state index in [-0.39, 0.29) is 36.3 Å². The predicted molar refractivity (Wildman–Crippen MR) is 82.0 cm³/mol. The van der Waals surface area contributed by atoms with Crippen LogP contribution in [-0.2, 0) is 19.6 Å². The number of hydrogen-bond donors (Lipinski definition) is 3. The van der Waals surface area contributed by atoms with Crippen LogP contribution in [0.15, 0.2) is 0 Å². The van der Waals surface area contributed by atoms with Gasteiger partial charge in [-0.3, -0.25) is 4.79 Å². The van der Waals surface area contributed by atoms with E-state index in [1.54, 1.807) is 0 Å². The van der Waals surface area contributed by atoms with Gasteiger partial charge in [0.25, 0.3) is 0 Å². The molecule has 3 N–H and O–H groups in total. The lowest BCUT2D eigenvalue weighted by Gasteiger charge is -2.25. The van der Waals surface area contributed by atoms with Crippen LogP contribution >= 0.6 is 12.4 Å². The fourth-order valence-electron chi connectivity index (χ4n) is 2.80. The van der Waals surface area contributed by atoms with Crippen molar-refractivity contribution in [2.75, 3.05) is 32.6 Å². The summed E-state index contributed by atoms with van der Waals surface area (Å²) in [6.07, 6.45) is 3.92. The molecule has 0 aromatic carbocycles. The Morgan fingerprint density at radius 1 is 1.38 bits per heavy atom. The van der Waals surface area contributed by atoms with Gasteiger partial charge < -0.3 is 15.4 Å². The van der Waals surface area contributed by atoms with E-state index in [2.05, 4.69) is 15.4 Å². The van der Waals surface area contributed by atoms with Gasteiger partial charge in [0.05, 0.1) is 19.5 Å². The van der Waals surface area contributed by atoms with E-state index in [0.717, 1.165) is 19.3 Å². The number of amides is 1. The van der Waals surface area contributed by atoms with E-state index in [4.69, 9.17) is 4.74 Å². The summed E-state index contributed by atoms with van der Waals surface area (Å²) in [5.41, 5.74) is 0. The summed E-state index contributed by atoms with van der Waals surface area (Å²) < 4.78 is 30.5. The Kier molecular flexibility index (Phi) is 7.35. The van der Waals surface area contributed by atoms with E-state index in [1.807, 2.05) is 0 Å². The van der Waals surface area contributed by atoms with Gasteiger partial charge in [0, 0.05) is 19.1 Å². The average Bonchev–Trinajstić information content (AvgIpc) is 2.82. The van der Waals surface area contributed by atoms with E-state index in [9.17, 15) is 13.2 Å². The molecular weight excluding hydrogens is 318 g/mol. The third-order valence-electron chi connectivity index (χ3n) is 3.80. The van der Waals surface area contributed by atoms with E-state index < -0.39 is 10.0 Å². The Labute approximate surface area is 132 Å². The zero-order chi connectivity index (χ0) is 14.6. The summed E-state index contributed by atoms with van der Waals surface area (Å²) >= 11 is 0. The molecule has 1 saturated heterocycles. The Morgan fingerprint density at radius 2 is 2.14 bits per heavy atom. The number of sulfonamides is 1. The summed E-state index contributed by atoms with van der Waals surface area (Å²) in [5, 5.41) is 5.99. The molecule has 3 unspecified atom stereocenters. The highest BCUT2D eigenvalue weighted by molar-refractivity contribution is 7.88. The van der Waals surface area contributed by atoms with Crippen LogP contribution in [0.25, 0.3) is 0 Å². The molecule has 1 heterocycles. The van der Waals surface area contributed by atoms with Gasteiger partial charge in [-0.2, -0.15) is 0 Å². The molecule has 2 aliphatic rings. The molecule has 0 aromatic rings. The van der Waals surface area contributed by atoms with Gasteiger partial charge in [0.2, 0.25) is 15.9 Å². The minimum absolute atomic E-state index is 0. The Balaban J connectivity index is 0.00000220. The van der Waals surface area contributed by atoms with Crippen LogP contribution in [0.4, 0.5) is 0 Å². The van der Waals surface area contributed by atoms with Crippen LogP contribution in [0.1, 0.15) is 19.3 Å². The largest absolute Gasteiger partial charge is 0.378 e. The normalized spacial score (nSPS) is 29.7. The van der Waals surface area contributed by atoms with Crippen molar-refractivity contribution in [1.82, 2.24) is 15.4 Å². The number of hydrogen-bond acceptors (Lipinski definition) is 5. The molecule has 1 aliphatic carbocycles. The number of carbonyl (C=O) groups excluding carboxylic acids is 1. The molecule has 1 amide bonds. The molecule has 0 bridgehead atoms. The quantitative estimate of drug-likeness (QED) is 0.610. The molecule has 0 radical (unpaired) electrons. The minimum atomic E-state index is -3.19. The minimum Gasteiger partial charge on any atom is -0.378 e. The summed E-state index contributed by atoms with van der Waals surface area (Å²) in [6, 6.07) is -0.368. The Bertz CT molecular complexity index is 440. The highest BCUT2D eigenvalue weighted by Crippen LogP contribution is 2.25. The van der Waals surface area contributed by atoms with Crippen molar-refractivity contribution in [3.8, 4) is 0 Å². The van der Waals surface area contributed by atoms with Crippen molar-refractivity contribution in [1.29, 1.82) is 0 Å². The Morgan fingerprint density at radius 3 is 2.76 bits per heavy atom. The molecule has 124 valence electrons. The van der Waals surface area contributed by atoms with E-state index >= 15 is 0 Å². The molecule has 7 nitrogen and oxygen atoms in total. The SMILES string of the molecule is CS(=O)(=O)NC1CCCC1CNC(=O)C1COCCN1.Cl. The first kappa shape index (κ1) is 18.6. The first-order valence-electron chi connectivity index (χ1n) is 7.02. The van der Waals surface area contributed by atoms with Gasteiger partial charge in [-0.05, 0) is 18.8 Å². The summed E-state index contributed by atoms with van der Waals surface area (Å²) in [6.45, 7) is 2.21. The predicted octanol–water partition coefficient (Wildman–Crippen LogP) is -0.769. The van der Waals surface area contributed by atoms with Crippen molar-refractivity contribution >= 4 is 28.3 Å². The second-order valence-electron chi connectivity index (χ2n) is 5.51. The molecular formula is C12H24ClN3O4S. The van der Waals surface area contributed by atoms with Crippen molar-refractivity contribution < 1.29 is 17.9 Å². The van der Waals surface area contributed by atoms with Crippen molar-refractivity contribution in [2.24, 2.45) is 5.92 Å². The number of nitrogens with one attached hydrogen (secondary N) is 3. The molecule has 3 atom stereocenters. The lowest BCUT2D eigenvalue weighted by molar-refractivity contribution is -0.126. The lowest BCUT2D eigenvalue weighted by atomic mass is 10.0. The van der Waals surface area contributed by atoms with Gasteiger partial charge in [0.1, 0.15) is 6.04 Å². The molecule has 21 heavy (non-hydrogen) atoms. The molecule has 0 aromatic heterocycles. The monoisotopic (exact) mass is 341 g/mol. The van der Waals surface area contributed by atoms with Crippen LogP contribution in [0.5, 0.6) is 0 Å². The van der Waals surface area contributed by atoms with Gasteiger partial charge in [-0.25, -0.2) is 13.1 Å². The summed E-state index contributed by atoms with van der Waals surface area (Å²) in [5.74, 6) is 0.0906. The number of halogens is 1. The second kappa shape index (κ2) is 8.28. The van der Waals surface area contributed by atoms with Crippen LogP contribution in [0, 0.1) is 5.92 Å². The fraction of sp³-hybridized carbons (Fsp3) is 0.917. The third kappa shape index (κ3) is 6.07. The number of morpholine rings is 1. The van der Waals surface area contributed by atoms with Crippen LogP contribution in [0.2, 0.25) is 0 Å². The molecule has 2 fully saturated rings. The van der Waals surface area contributed by atoms with Crippen LogP contribution in [0.3, 0.4) is 0 Å². The van der Waals surface area contributed by atoms with Gasteiger partial charge in [0.15, 0.2) is 0 Å². The highest BCUT2D eigenvalue weighted by Gasteiger charge is 2.30. The second-order valence-corrected chi connectivity index (χ2v) is 7.29. The molecule has 1 saturated carbocycles. The lowest BCUT2D eigenvalue weighted by Crippen LogP contribution is -2.52. The summed E-state index contributed by atoms with van der Waals surface area (Å²) in [4.78, 5) is 12.0. The fourth-order valence-corrected chi connectivity index (χ4v) is 3.66.